The zero-order valence-electron chi connectivity index (χ0n) is 17.3. The topological polar surface area (TPSA) is 68.8 Å². The molecule has 4 rings (SSSR count). The summed E-state index contributed by atoms with van der Waals surface area (Å²) in [7, 11) is 1.85. The Morgan fingerprint density at radius 3 is 2.63 bits per heavy atom. The molecule has 2 heterocycles. The highest BCUT2D eigenvalue weighted by molar-refractivity contribution is 7.97. The van der Waals surface area contributed by atoms with E-state index in [0.29, 0.717) is 0 Å². The van der Waals surface area contributed by atoms with Gasteiger partial charge in [0.15, 0.2) is 0 Å². The Bertz CT molecular complexity index is 1140. The number of thioether (sulfide) groups is 1. The van der Waals surface area contributed by atoms with E-state index < -0.39 is 0 Å². The van der Waals surface area contributed by atoms with Gasteiger partial charge in [0.1, 0.15) is 25.0 Å². The van der Waals surface area contributed by atoms with Crippen LogP contribution in [-0.4, -0.2) is 48.4 Å². The molecule has 0 saturated heterocycles. The van der Waals surface area contributed by atoms with Gasteiger partial charge in [-0.1, -0.05) is 24.3 Å². The summed E-state index contributed by atoms with van der Waals surface area (Å²) in [5.41, 5.74) is 3.92. The number of fused-ring (bicyclic) bond motifs is 1. The summed E-state index contributed by atoms with van der Waals surface area (Å²) in [6.07, 6.45) is 5.21. The first-order chi connectivity index (χ1) is 14.6. The molecule has 0 fully saturated rings. The lowest BCUT2D eigenvalue weighted by Gasteiger charge is -2.26. The number of benzene rings is 2. The summed E-state index contributed by atoms with van der Waals surface area (Å²) in [6, 6.07) is 15.9. The molecule has 0 N–H and O–H groups in total. The van der Waals surface area contributed by atoms with Gasteiger partial charge >= 0.3 is 0 Å². The second-order valence-corrected chi connectivity index (χ2v) is 8.01. The molecule has 0 bridgehead atoms. The number of aromatic nitrogens is 5. The van der Waals surface area contributed by atoms with Crippen molar-refractivity contribution in [2.24, 2.45) is 0 Å². The molecular weight excluding hydrogens is 396 g/mol. The molecule has 4 aromatic rings. The Balaban J connectivity index is 1.52. The average molecular weight is 421 g/mol. The number of rotatable bonds is 7. The number of hydrogen-bond acceptors (Lipinski definition) is 5. The van der Waals surface area contributed by atoms with E-state index in [4.69, 9.17) is 4.98 Å². The molecule has 154 valence electrons. The van der Waals surface area contributed by atoms with E-state index in [9.17, 15) is 4.79 Å². The van der Waals surface area contributed by atoms with Gasteiger partial charge in [0.25, 0.3) is 0 Å². The van der Waals surface area contributed by atoms with Crippen molar-refractivity contribution in [2.45, 2.75) is 25.3 Å². The number of carbonyl (C=O) groups is 1. The van der Waals surface area contributed by atoms with Crippen LogP contribution in [0.5, 0.6) is 0 Å². The quantitative estimate of drug-likeness (QED) is 0.456. The van der Waals surface area contributed by atoms with E-state index in [0.717, 1.165) is 33.9 Å². The molecule has 8 heteroatoms. The van der Waals surface area contributed by atoms with Gasteiger partial charge in [-0.15, -0.1) is 0 Å². The molecule has 0 unspecified atom stereocenters. The van der Waals surface area contributed by atoms with Crippen LogP contribution in [0, 0.1) is 0 Å². The Labute approximate surface area is 179 Å². The van der Waals surface area contributed by atoms with Gasteiger partial charge in [-0.3, -0.25) is 4.79 Å². The zero-order valence-corrected chi connectivity index (χ0v) is 18.1. The summed E-state index contributed by atoms with van der Waals surface area (Å²) >= 11 is 1.70. The molecule has 1 atom stereocenters. The second kappa shape index (κ2) is 8.71. The Morgan fingerprint density at radius 2 is 1.93 bits per heavy atom. The third kappa shape index (κ3) is 3.95. The first-order valence-electron chi connectivity index (χ1n) is 9.72. The van der Waals surface area contributed by atoms with E-state index >= 15 is 0 Å². The standard InChI is InChI=1S/C22H24N6OS/c1-16(17-8-10-18(11-9-17)28-15-23-14-24-28)26(2)22(29)12-27-20-7-5-4-6-19(20)25-21(27)13-30-3/h4-11,14-16H,12-13H2,1-3H3/t16-/m0/s1. The minimum Gasteiger partial charge on any atom is -0.337 e. The lowest BCUT2D eigenvalue weighted by atomic mass is 10.1. The Morgan fingerprint density at radius 1 is 1.17 bits per heavy atom. The number of amides is 1. The van der Waals surface area contributed by atoms with Gasteiger partial charge < -0.3 is 9.47 Å². The molecular formula is C22H24N6OS. The molecule has 0 saturated carbocycles. The van der Waals surface area contributed by atoms with Crippen molar-refractivity contribution >= 4 is 28.7 Å². The summed E-state index contributed by atoms with van der Waals surface area (Å²) in [4.78, 5) is 23.6. The lowest BCUT2D eigenvalue weighted by Crippen LogP contribution is -2.33. The van der Waals surface area contributed by atoms with Crippen LogP contribution in [0.2, 0.25) is 0 Å². The second-order valence-electron chi connectivity index (χ2n) is 7.15. The van der Waals surface area contributed by atoms with E-state index in [1.54, 1.807) is 27.7 Å². The zero-order chi connectivity index (χ0) is 21.1. The van der Waals surface area contributed by atoms with Crippen molar-refractivity contribution in [3.63, 3.8) is 0 Å². The SMILES string of the molecule is CSCc1nc2ccccc2n1CC(=O)N(C)[C@@H](C)c1ccc(-n2cncn2)cc1. The van der Waals surface area contributed by atoms with Gasteiger partial charge in [-0.25, -0.2) is 14.6 Å². The van der Waals surface area contributed by atoms with Crippen molar-refractivity contribution in [1.29, 1.82) is 0 Å². The third-order valence-electron chi connectivity index (χ3n) is 5.33. The van der Waals surface area contributed by atoms with Gasteiger partial charge in [-0.05, 0) is 43.0 Å². The van der Waals surface area contributed by atoms with Crippen molar-refractivity contribution < 1.29 is 4.79 Å². The number of imidazole rings is 1. The van der Waals surface area contributed by atoms with Crippen LogP contribution in [0.1, 0.15) is 24.4 Å². The minimum atomic E-state index is -0.0546. The van der Waals surface area contributed by atoms with Crippen LogP contribution >= 0.6 is 11.8 Å². The smallest absolute Gasteiger partial charge is 0.242 e. The summed E-state index contributed by atoms with van der Waals surface area (Å²) in [6.45, 7) is 2.31. The van der Waals surface area contributed by atoms with Crippen LogP contribution in [0.3, 0.4) is 0 Å². The highest BCUT2D eigenvalue weighted by Gasteiger charge is 2.20. The van der Waals surface area contributed by atoms with Crippen molar-refractivity contribution in [3.8, 4) is 5.69 Å². The molecule has 0 spiro atoms. The van der Waals surface area contributed by atoms with Gasteiger partial charge in [0.2, 0.25) is 5.91 Å². The van der Waals surface area contributed by atoms with Crippen molar-refractivity contribution in [2.75, 3.05) is 13.3 Å². The maximum absolute atomic E-state index is 13.1. The average Bonchev–Trinajstić information content (AvgIpc) is 3.42. The van der Waals surface area contributed by atoms with Gasteiger partial charge in [0, 0.05) is 7.05 Å². The fourth-order valence-electron chi connectivity index (χ4n) is 3.47. The molecule has 0 aliphatic carbocycles. The first kappa shape index (κ1) is 20.2. The normalized spacial score (nSPS) is 12.2. The van der Waals surface area contributed by atoms with E-state index in [1.165, 1.54) is 6.33 Å². The molecule has 0 radical (unpaired) electrons. The van der Waals surface area contributed by atoms with E-state index in [1.807, 2.05) is 73.3 Å². The Kier molecular flexibility index (Phi) is 5.85. The molecule has 0 aliphatic rings. The largest absolute Gasteiger partial charge is 0.337 e. The number of carbonyl (C=O) groups excluding carboxylic acids is 1. The fourth-order valence-corrected chi connectivity index (χ4v) is 3.95. The van der Waals surface area contributed by atoms with Crippen LogP contribution in [-0.2, 0) is 17.1 Å². The van der Waals surface area contributed by atoms with E-state index in [2.05, 4.69) is 10.1 Å². The number of para-hydroxylation sites is 2. The number of likely N-dealkylation sites (N-methyl/N-ethyl adjacent to an activating group) is 1. The highest BCUT2D eigenvalue weighted by atomic mass is 32.2. The van der Waals surface area contributed by atoms with Crippen molar-refractivity contribution in [1.82, 2.24) is 29.2 Å². The maximum Gasteiger partial charge on any atom is 0.242 e. The van der Waals surface area contributed by atoms with E-state index in [-0.39, 0.29) is 18.5 Å². The minimum absolute atomic E-state index is 0.0494. The summed E-state index contributed by atoms with van der Waals surface area (Å²) in [5, 5.41) is 4.14. The number of hydrogen-bond donors (Lipinski definition) is 0. The third-order valence-corrected chi connectivity index (χ3v) is 5.88. The van der Waals surface area contributed by atoms with Crippen LogP contribution in [0.15, 0.2) is 61.2 Å². The number of nitrogens with zero attached hydrogens (tertiary/aromatic N) is 6. The summed E-state index contributed by atoms with van der Waals surface area (Å²) < 4.78 is 3.74. The lowest BCUT2D eigenvalue weighted by molar-refractivity contribution is -0.132. The molecule has 2 aromatic heterocycles. The first-order valence-corrected chi connectivity index (χ1v) is 11.1. The summed E-state index contributed by atoms with van der Waals surface area (Å²) in [5.74, 6) is 1.74. The van der Waals surface area contributed by atoms with Crippen molar-refractivity contribution in [3.05, 3.63) is 72.6 Å². The molecule has 0 aliphatic heterocycles. The molecule has 2 aromatic carbocycles. The fraction of sp³-hybridized carbons (Fsp3) is 0.273. The predicted molar refractivity (Wildman–Crippen MR) is 119 cm³/mol. The Hall–Kier alpha value is -3.13. The maximum atomic E-state index is 13.1. The van der Waals surface area contributed by atoms with Crippen LogP contribution in [0.4, 0.5) is 0 Å². The van der Waals surface area contributed by atoms with Gasteiger partial charge in [-0.2, -0.15) is 16.9 Å². The van der Waals surface area contributed by atoms with Crippen LogP contribution in [0.25, 0.3) is 16.7 Å². The molecule has 7 nitrogen and oxygen atoms in total. The molecule has 1 amide bonds. The monoisotopic (exact) mass is 420 g/mol. The van der Waals surface area contributed by atoms with Crippen LogP contribution < -0.4 is 0 Å². The highest BCUT2D eigenvalue weighted by Crippen LogP contribution is 2.23. The van der Waals surface area contributed by atoms with Gasteiger partial charge in [0.05, 0.1) is 28.5 Å². The molecule has 30 heavy (non-hydrogen) atoms. The predicted octanol–water partition coefficient (Wildman–Crippen LogP) is 3.70.